The number of anilines is 2. The van der Waals surface area contributed by atoms with Gasteiger partial charge >= 0.3 is 0 Å². The Morgan fingerprint density at radius 2 is 1.88 bits per heavy atom. The van der Waals surface area contributed by atoms with Gasteiger partial charge in [-0.15, -0.1) is 12.4 Å². The molecule has 4 aromatic rings. The van der Waals surface area contributed by atoms with Gasteiger partial charge in [0.05, 0.1) is 12.0 Å². The van der Waals surface area contributed by atoms with Crippen molar-refractivity contribution >= 4 is 35.7 Å². The summed E-state index contributed by atoms with van der Waals surface area (Å²) in [5.41, 5.74) is 1.85. The number of amides is 2. The number of nitriles is 1. The van der Waals surface area contributed by atoms with E-state index >= 15 is 0 Å². The number of nitrogens with one attached hydrogen (secondary N) is 2. The molecule has 0 aliphatic carbocycles. The molecule has 0 saturated heterocycles. The van der Waals surface area contributed by atoms with Gasteiger partial charge in [-0.25, -0.2) is 9.37 Å². The second kappa shape index (κ2) is 12.9. The number of carbonyl (C=O) groups is 2. The third-order valence-corrected chi connectivity index (χ3v) is 6.16. The summed E-state index contributed by atoms with van der Waals surface area (Å²) < 4.78 is 18.8. The van der Waals surface area contributed by atoms with Crippen LogP contribution in [0.25, 0.3) is 22.4 Å². The van der Waals surface area contributed by atoms with Crippen LogP contribution in [0.3, 0.4) is 0 Å². The van der Waals surface area contributed by atoms with Crippen molar-refractivity contribution < 1.29 is 23.5 Å². The van der Waals surface area contributed by atoms with E-state index in [1.54, 1.807) is 36.4 Å². The van der Waals surface area contributed by atoms with Crippen LogP contribution >= 0.6 is 12.4 Å². The number of hydrogen-bond acceptors (Lipinski definition) is 7. The van der Waals surface area contributed by atoms with E-state index in [0.717, 1.165) is 6.07 Å². The average molecular weight is 564 g/mol. The number of hydrogen-bond donors (Lipinski definition) is 3. The fraction of sp³-hybridized carbons (Fsp3) is 0.172. The molecular weight excluding hydrogens is 537 g/mol. The Labute approximate surface area is 236 Å². The van der Waals surface area contributed by atoms with Crippen LogP contribution < -0.4 is 10.6 Å². The molecule has 2 heterocycles. The number of aromatic hydroxyl groups is 1. The molecule has 9 nitrogen and oxygen atoms in total. The molecule has 206 valence electrons. The van der Waals surface area contributed by atoms with E-state index in [-0.39, 0.29) is 64.9 Å². The van der Waals surface area contributed by atoms with Gasteiger partial charge in [0.25, 0.3) is 5.91 Å². The number of pyridine rings is 1. The highest BCUT2D eigenvalue weighted by Crippen LogP contribution is 2.36. The fourth-order valence-electron chi connectivity index (χ4n) is 3.84. The van der Waals surface area contributed by atoms with E-state index in [0.29, 0.717) is 16.8 Å². The van der Waals surface area contributed by atoms with E-state index in [1.165, 1.54) is 24.5 Å². The number of aromatic nitrogens is 1. The minimum Gasteiger partial charge on any atom is -0.507 e. The minimum absolute atomic E-state index is 0. The molecule has 3 N–H and O–H groups in total. The Kier molecular flexibility index (Phi) is 9.61. The summed E-state index contributed by atoms with van der Waals surface area (Å²) in [7, 11) is 3.79. The Morgan fingerprint density at radius 3 is 2.52 bits per heavy atom. The largest absolute Gasteiger partial charge is 0.507 e. The quantitative estimate of drug-likeness (QED) is 0.251. The summed E-state index contributed by atoms with van der Waals surface area (Å²) in [5, 5.41) is 26.0. The second-order valence-corrected chi connectivity index (χ2v) is 9.13. The van der Waals surface area contributed by atoms with Crippen LogP contribution in [0.2, 0.25) is 0 Å². The van der Waals surface area contributed by atoms with E-state index in [2.05, 4.69) is 21.7 Å². The van der Waals surface area contributed by atoms with Crippen LogP contribution in [-0.4, -0.2) is 46.9 Å². The SMILES string of the molecule is CC(CC(=O)Nc1cccc(-c2cc(-c3ccc(F)cc3O)nc(NC(=O)c3ccco3)c2C#N)c1)N(C)C.Cl. The molecule has 0 bridgehead atoms. The Bertz CT molecular complexity index is 1570. The molecule has 0 aliphatic rings. The van der Waals surface area contributed by atoms with Gasteiger partial charge in [-0.2, -0.15) is 5.26 Å². The molecule has 11 heteroatoms. The smallest absolute Gasteiger partial charge is 0.292 e. The van der Waals surface area contributed by atoms with E-state index in [1.807, 2.05) is 25.9 Å². The Balaban J connectivity index is 0.00000441. The third kappa shape index (κ3) is 6.83. The average Bonchev–Trinajstić information content (AvgIpc) is 3.43. The van der Waals surface area contributed by atoms with Gasteiger partial charge in [-0.3, -0.25) is 9.59 Å². The number of carbonyl (C=O) groups excluding carboxylic acids is 2. The third-order valence-electron chi connectivity index (χ3n) is 6.16. The summed E-state index contributed by atoms with van der Waals surface area (Å²) >= 11 is 0. The molecule has 40 heavy (non-hydrogen) atoms. The highest BCUT2D eigenvalue weighted by atomic mass is 35.5. The maximum atomic E-state index is 13.7. The van der Waals surface area contributed by atoms with Crippen LogP contribution in [0, 0.1) is 17.1 Å². The summed E-state index contributed by atoms with van der Waals surface area (Å²) in [6, 6.07) is 17.0. The zero-order chi connectivity index (χ0) is 28.1. The van der Waals surface area contributed by atoms with Gasteiger partial charge in [-0.05, 0) is 69.0 Å². The molecule has 2 aromatic carbocycles. The molecular formula is C29H27ClFN5O4. The van der Waals surface area contributed by atoms with Crippen molar-refractivity contribution in [1.29, 1.82) is 5.26 Å². The van der Waals surface area contributed by atoms with Crippen LogP contribution in [0.1, 0.15) is 29.5 Å². The van der Waals surface area contributed by atoms with E-state index < -0.39 is 11.7 Å². The van der Waals surface area contributed by atoms with Crippen LogP contribution in [-0.2, 0) is 4.79 Å². The van der Waals surface area contributed by atoms with Crippen molar-refractivity contribution in [2.45, 2.75) is 19.4 Å². The predicted octanol–water partition coefficient (Wildman–Crippen LogP) is 5.68. The first kappa shape index (κ1) is 29.8. The second-order valence-electron chi connectivity index (χ2n) is 9.13. The first-order chi connectivity index (χ1) is 18.7. The summed E-state index contributed by atoms with van der Waals surface area (Å²) in [4.78, 5) is 31.7. The molecule has 2 amide bonds. The summed E-state index contributed by atoms with van der Waals surface area (Å²) in [5.74, 6) is -1.88. The molecule has 0 spiro atoms. The van der Waals surface area contributed by atoms with Crippen LogP contribution in [0.5, 0.6) is 5.75 Å². The number of furan rings is 1. The zero-order valence-corrected chi connectivity index (χ0v) is 22.8. The minimum atomic E-state index is -0.636. The molecule has 4 rings (SSSR count). The zero-order valence-electron chi connectivity index (χ0n) is 21.9. The highest BCUT2D eigenvalue weighted by Gasteiger charge is 2.21. The van der Waals surface area contributed by atoms with Gasteiger partial charge in [0.2, 0.25) is 5.91 Å². The van der Waals surface area contributed by atoms with Gasteiger partial charge in [0, 0.05) is 35.3 Å². The van der Waals surface area contributed by atoms with Crippen molar-refractivity contribution in [3.8, 4) is 34.2 Å². The lowest BCUT2D eigenvalue weighted by molar-refractivity contribution is -0.117. The Hall–Kier alpha value is -4.72. The van der Waals surface area contributed by atoms with Crippen molar-refractivity contribution in [2.24, 2.45) is 0 Å². The van der Waals surface area contributed by atoms with Crippen molar-refractivity contribution in [3.05, 3.63) is 84.1 Å². The predicted molar refractivity (Wildman–Crippen MR) is 152 cm³/mol. The number of benzene rings is 2. The van der Waals surface area contributed by atoms with E-state index in [9.17, 15) is 24.3 Å². The topological polar surface area (TPSA) is 131 Å². The van der Waals surface area contributed by atoms with Crippen molar-refractivity contribution in [2.75, 3.05) is 24.7 Å². The standard InChI is InChI=1S/C29H26FN5O4.ClH/c1-17(35(2)3)12-27(37)32-20-7-4-6-18(13-20)22-15-24(21-10-9-19(30)14-25(21)36)33-28(23(22)16-31)34-29(38)26-8-5-11-39-26;/h4-11,13-15,17,36H,12H2,1-3H3,(H,32,37)(H,33,34,38);1H. The van der Waals surface area contributed by atoms with Gasteiger partial charge in [-0.1, -0.05) is 12.1 Å². The highest BCUT2D eigenvalue weighted by molar-refractivity contribution is 6.03. The lowest BCUT2D eigenvalue weighted by Gasteiger charge is -2.19. The number of nitrogens with zero attached hydrogens (tertiary/aromatic N) is 3. The first-order valence-electron chi connectivity index (χ1n) is 12.0. The molecule has 0 aliphatic heterocycles. The maximum Gasteiger partial charge on any atom is 0.292 e. The number of rotatable bonds is 8. The molecule has 0 fully saturated rings. The van der Waals surface area contributed by atoms with Crippen LogP contribution in [0.15, 0.2) is 71.3 Å². The Morgan fingerprint density at radius 1 is 1.10 bits per heavy atom. The summed E-state index contributed by atoms with van der Waals surface area (Å²) in [6.45, 7) is 1.94. The lowest BCUT2D eigenvalue weighted by Crippen LogP contribution is -2.29. The number of phenols is 1. The number of phenolic OH excluding ortho intramolecular Hbond substituents is 1. The molecule has 0 saturated carbocycles. The number of halogens is 2. The molecule has 0 radical (unpaired) electrons. The van der Waals surface area contributed by atoms with Crippen LogP contribution in [0.4, 0.5) is 15.9 Å². The van der Waals surface area contributed by atoms with E-state index in [4.69, 9.17) is 4.42 Å². The monoisotopic (exact) mass is 563 g/mol. The maximum absolute atomic E-state index is 13.7. The van der Waals surface area contributed by atoms with Gasteiger partial charge < -0.3 is 25.1 Å². The molecule has 1 unspecified atom stereocenters. The molecule has 1 atom stereocenters. The molecule has 2 aromatic heterocycles. The van der Waals surface area contributed by atoms with Gasteiger partial charge in [0.15, 0.2) is 11.6 Å². The lowest BCUT2D eigenvalue weighted by atomic mass is 9.97. The van der Waals surface area contributed by atoms with Gasteiger partial charge in [0.1, 0.15) is 23.2 Å². The van der Waals surface area contributed by atoms with Crippen molar-refractivity contribution in [1.82, 2.24) is 9.88 Å². The fourth-order valence-corrected chi connectivity index (χ4v) is 3.84. The first-order valence-corrected chi connectivity index (χ1v) is 12.0. The summed E-state index contributed by atoms with van der Waals surface area (Å²) in [6.07, 6.45) is 1.62. The van der Waals surface area contributed by atoms with Crippen molar-refractivity contribution in [3.63, 3.8) is 0 Å². The normalized spacial score (nSPS) is 11.3.